The van der Waals surface area contributed by atoms with E-state index in [4.69, 9.17) is 4.74 Å². The predicted octanol–water partition coefficient (Wildman–Crippen LogP) is 5.78. The molecular weight excluding hydrogens is 446 g/mol. The highest BCUT2D eigenvalue weighted by atomic mass is 16.5. The highest BCUT2D eigenvalue weighted by molar-refractivity contribution is 5.98. The van der Waals surface area contributed by atoms with Gasteiger partial charge in [0.25, 0.3) is 0 Å². The molecule has 0 bridgehead atoms. The van der Waals surface area contributed by atoms with Crippen LogP contribution in [0.3, 0.4) is 0 Å². The van der Waals surface area contributed by atoms with Crippen molar-refractivity contribution in [3.05, 3.63) is 150 Å². The molecule has 0 aliphatic rings. The van der Waals surface area contributed by atoms with Crippen molar-refractivity contribution in [3.63, 3.8) is 0 Å². The van der Waals surface area contributed by atoms with E-state index >= 15 is 0 Å². The highest BCUT2D eigenvalue weighted by Gasteiger charge is 2.44. The molecule has 0 radical (unpaired) electrons. The molecule has 1 amide bonds. The number of nitrogens with one attached hydrogen (secondary N) is 1. The summed E-state index contributed by atoms with van der Waals surface area (Å²) in [5.74, 6) is -0.793. The molecule has 0 aliphatic carbocycles. The molecular formula is C32H29NO3. The number of amides is 1. The van der Waals surface area contributed by atoms with E-state index in [2.05, 4.69) is 5.32 Å². The summed E-state index contributed by atoms with van der Waals surface area (Å²) in [6, 6.07) is 37.9. The van der Waals surface area contributed by atoms with Gasteiger partial charge >= 0.3 is 5.97 Å². The van der Waals surface area contributed by atoms with Crippen LogP contribution in [0, 0.1) is 0 Å². The zero-order valence-corrected chi connectivity index (χ0v) is 20.2. The summed E-state index contributed by atoms with van der Waals surface area (Å²) in [6.07, 6.45) is 4.11. The number of hydrogen-bond acceptors (Lipinski definition) is 3. The second-order valence-corrected chi connectivity index (χ2v) is 8.45. The molecule has 36 heavy (non-hydrogen) atoms. The molecule has 4 rings (SSSR count). The summed E-state index contributed by atoms with van der Waals surface area (Å²) in [5, 5.41) is 3.03. The van der Waals surface area contributed by atoms with Crippen LogP contribution in [-0.4, -0.2) is 25.0 Å². The molecule has 4 aromatic rings. The second kappa shape index (κ2) is 11.8. The minimum absolute atomic E-state index is 0.293. The van der Waals surface area contributed by atoms with Crippen LogP contribution in [-0.2, 0) is 19.7 Å². The van der Waals surface area contributed by atoms with Crippen LogP contribution in [0.4, 0.5) is 0 Å². The molecule has 180 valence electrons. The smallest absolute Gasteiger partial charge is 0.328 e. The Bertz CT molecular complexity index is 1190. The number of benzene rings is 4. The highest BCUT2D eigenvalue weighted by Crippen LogP contribution is 2.39. The van der Waals surface area contributed by atoms with Gasteiger partial charge in [0, 0.05) is 0 Å². The van der Waals surface area contributed by atoms with E-state index in [9.17, 15) is 9.59 Å². The number of ether oxygens (including phenoxy) is 1. The summed E-state index contributed by atoms with van der Waals surface area (Å²) < 4.78 is 5.06. The van der Waals surface area contributed by atoms with Crippen molar-refractivity contribution in [1.82, 2.24) is 5.32 Å². The largest absolute Gasteiger partial charge is 0.467 e. The minimum Gasteiger partial charge on any atom is -0.467 e. The summed E-state index contributed by atoms with van der Waals surface area (Å²) in [6.45, 7) is 0. The van der Waals surface area contributed by atoms with E-state index in [-0.39, 0.29) is 5.91 Å². The van der Waals surface area contributed by atoms with Gasteiger partial charge in [-0.25, -0.2) is 4.79 Å². The van der Waals surface area contributed by atoms with Crippen molar-refractivity contribution < 1.29 is 14.3 Å². The van der Waals surface area contributed by atoms with Crippen molar-refractivity contribution >= 4 is 18.0 Å². The van der Waals surface area contributed by atoms with Gasteiger partial charge in [0.05, 0.1) is 7.11 Å². The average Bonchev–Trinajstić information content (AvgIpc) is 2.95. The van der Waals surface area contributed by atoms with Crippen LogP contribution >= 0.6 is 0 Å². The minimum atomic E-state index is -1.17. The Kier molecular flexibility index (Phi) is 8.09. The molecule has 1 N–H and O–H groups in total. The Morgan fingerprint density at radius 1 is 0.722 bits per heavy atom. The lowest BCUT2D eigenvalue weighted by Gasteiger charge is -2.35. The van der Waals surface area contributed by atoms with Crippen molar-refractivity contribution in [1.29, 1.82) is 0 Å². The average molecular weight is 476 g/mol. The normalized spacial score (nSPS) is 12.1. The van der Waals surface area contributed by atoms with Gasteiger partial charge in [-0.3, -0.25) is 4.79 Å². The maximum atomic E-state index is 14.4. The van der Waals surface area contributed by atoms with Crippen LogP contribution in [0.15, 0.2) is 127 Å². The maximum Gasteiger partial charge on any atom is 0.328 e. The first kappa shape index (κ1) is 24.7. The van der Waals surface area contributed by atoms with Crippen LogP contribution < -0.4 is 5.32 Å². The van der Waals surface area contributed by atoms with Gasteiger partial charge in [-0.05, 0) is 28.7 Å². The Hall–Kier alpha value is -4.44. The molecule has 4 nitrogen and oxygen atoms in total. The Morgan fingerprint density at radius 3 is 1.56 bits per heavy atom. The van der Waals surface area contributed by atoms with Gasteiger partial charge in [-0.2, -0.15) is 0 Å². The summed E-state index contributed by atoms with van der Waals surface area (Å²) in [7, 11) is 1.33. The Balaban J connectivity index is 1.77. The fourth-order valence-corrected chi connectivity index (χ4v) is 4.48. The molecule has 0 aliphatic heterocycles. The number of carbonyl (C=O) groups excluding carboxylic acids is 2. The molecule has 0 saturated carbocycles. The molecule has 0 heterocycles. The zero-order chi connectivity index (χ0) is 25.2. The van der Waals surface area contributed by atoms with E-state index < -0.39 is 17.4 Å². The fraction of sp³-hybridized carbons (Fsp3) is 0.125. The zero-order valence-electron chi connectivity index (χ0n) is 20.2. The van der Waals surface area contributed by atoms with E-state index in [1.807, 2.05) is 133 Å². The third kappa shape index (κ3) is 5.28. The van der Waals surface area contributed by atoms with Crippen molar-refractivity contribution in [3.8, 4) is 0 Å². The lowest BCUT2D eigenvalue weighted by atomic mass is 9.68. The molecule has 0 unspecified atom stereocenters. The number of esters is 1. The Labute approximate surface area is 212 Å². The summed E-state index contributed by atoms with van der Waals surface area (Å²) in [4.78, 5) is 27.1. The third-order valence-electron chi connectivity index (χ3n) is 6.23. The molecule has 0 spiro atoms. The van der Waals surface area contributed by atoms with E-state index in [1.54, 1.807) is 0 Å². The second-order valence-electron chi connectivity index (χ2n) is 8.45. The van der Waals surface area contributed by atoms with Crippen molar-refractivity contribution in [2.45, 2.75) is 17.9 Å². The van der Waals surface area contributed by atoms with Gasteiger partial charge in [-0.15, -0.1) is 0 Å². The van der Waals surface area contributed by atoms with Crippen LogP contribution in [0.5, 0.6) is 0 Å². The predicted molar refractivity (Wildman–Crippen MR) is 143 cm³/mol. The maximum absolute atomic E-state index is 14.4. The van der Waals surface area contributed by atoms with Crippen LogP contribution in [0.1, 0.15) is 28.7 Å². The van der Waals surface area contributed by atoms with Crippen molar-refractivity contribution in [2.24, 2.45) is 0 Å². The van der Waals surface area contributed by atoms with Gasteiger partial charge in [0.15, 0.2) is 0 Å². The monoisotopic (exact) mass is 475 g/mol. The molecule has 1 atom stereocenters. The van der Waals surface area contributed by atoms with Gasteiger partial charge in [0.1, 0.15) is 11.5 Å². The van der Waals surface area contributed by atoms with Crippen LogP contribution in [0.25, 0.3) is 6.08 Å². The van der Waals surface area contributed by atoms with Gasteiger partial charge in [0.2, 0.25) is 5.91 Å². The first-order valence-electron chi connectivity index (χ1n) is 11.9. The summed E-state index contributed by atoms with van der Waals surface area (Å²) in [5.41, 5.74) is 2.27. The summed E-state index contributed by atoms with van der Waals surface area (Å²) >= 11 is 0. The van der Waals surface area contributed by atoms with Gasteiger partial charge < -0.3 is 10.1 Å². The van der Waals surface area contributed by atoms with E-state index in [1.165, 1.54) is 7.11 Å². The first-order valence-corrected chi connectivity index (χ1v) is 11.9. The molecule has 0 saturated heterocycles. The lowest BCUT2D eigenvalue weighted by Crippen LogP contribution is -2.52. The molecule has 0 aromatic heterocycles. The van der Waals surface area contributed by atoms with Gasteiger partial charge in [-0.1, -0.05) is 133 Å². The number of rotatable bonds is 9. The first-order chi connectivity index (χ1) is 17.7. The molecule has 0 fully saturated rings. The molecule has 4 aromatic carbocycles. The molecule has 4 heteroatoms. The standard InChI is InChI=1S/C32H29NO3/c1-36-30(34)29(24-14-17-25-15-6-2-7-16-25)33-31(35)32(26-18-8-3-9-19-26,27-20-10-4-11-21-27)28-22-12-5-13-23-28/h2-23,29H,24H2,1H3,(H,33,35)/b17-14+/t29-/m0/s1. The van der Waals surface area contributed by atoms with E-state index in [0.29, 0.717) is 6.42 Å². The fourth-order valence-electron chi connectivity index (χ4n) is 4.48. The Morgan fingerprint density at radius 2 is 1.14 bits per heavy atom. The lowest BCUT2D eigenvalue weighted by molar-refractivity contribution is -0.145. The number of hydrogen-bond donors (Lipinski definition) is 1. The quantitative estimate of drug-likeness (QED) is 0.247. The SMILES string of the molecule is COC(=O)[C@H](C/C=C/c1ccccc1)NC(=O)C(c1ccccc1)(c1ccccc1)c1ccccc1. The van der Waals surface area contributed by atoms with E-state index in [0.717, 1.165) is 22.3 Å². The number of methoxy groups -OCH3 is 1. The van der Waals surface area contributed by atoms with Crippen molar-refractivity contribution in [2.75, 3.05) is 7.11 Å². The number of carbonyl (C=O) groups is 2. The topological polar surface area (TPSA) is 55.4 Å². The van der Waals surface area contributed by atoms with Crippen LogP contribution in [0.2, 0.25) is 0 Å². The third-order valence-corrected chi connectivity index (χ3v) is 6.23.